The third-order valence-electron chi connectivity index (χ3n) is 3.28. The number of carbonyl (C=O) groups excluding carboxylic acids is 3. The zero-order chi connectivity index (χ0) is 18.2. The molecule has 0 heterocycles. The van der Waals surface area contributed by atoms with Crippen LogP contribution in [0.2, 0.25) is 0 Å². The Balaban J connectivity index is 1.84. The van der Waals surface area contributed by atoms with Crippen LogP contribution in [0.4, 0.5) is 4.39 Å². The number of hydrogen-bond donors (Lipinski definition) is 1. The van der Waals surface area contributed by atoms with Gasteiger partial charge in [0.2, 0.25) is 5.78 Å². The van der Waals surface area contributed by atoms with Crippen LogP contribution in [0, 0.1) is 5.82 Å². The lowest BCUT2D eigenvalue weighted by Gasteiger charge is -2.09. The molecule has 2 rings (SSSR count). The number of para-hydroxylation sites is 1. The molecule has 2 aromatic carbocycles. The first-order valence-electron chi connectivity index (χ1n) is 7.37. The zero-order valence-corrected chi connectivity index (χ0v) is 13.5. The lowest BCUT2D eigenvalue weighted by Crippen LogP contribution is -2.31. The predicted octanol–water partition coefficient (Wildman–Crippen LogP) is 1.99. The van der Waals surface area contributed by atoms with E-state index in [0.717, 1.165) is 6.07 Å². The van der Waals surface area contributed by atoms with E-state index in [4.69, 9.17) is 9.47 Å². The number of amides is 1. The first-order valence-corrected chi connectivity index (χ1v) is 7.37. The van der Waals surface area contributed by atoms with Crippen molar-refractivity contribution in [3.05, 3.63) is 65.5 Å². The molecule has 6 nitrogen and oxygen atoms in total. The highest BCUT2D eigenvalue weighted by Gasteiger charge is 2.16. The molecule has 0 saturated carbocycles. The van der Waals surface area contributed by atoms with E-state index in [2.05, 4.69) is 5.32 Å². The summed E-state index contributed by atoms with van der Waals surface area (Å²) in [6, 6.07) is 11.9. The highest BCUT2D eigenvalue weighted by atomic mass is 19.1. The van der Waals surface area contributed by atoms with Gasteiger partial charge in [0.05, 0.1) is 18.2 Å². The lowest BCUT2D eigenvalue weighted by atomic mass is 10.1. The summed E-state index contributed by atoms with van der Waals surface area (Å²) < 4.78 is 23.3. The van der Waals surface area contributed by atoms with Gasteiger partial charge in [-0.2, -0.15) is 0 Å². The van der Waals surface area contributed by atoms with Crippen molar-refractivity contribution in [3.63, 3.8) is 0 Å². The third-order valence-corrected chi connectivity index (χ3v) is 3.28. The third kappa shape index (κ3) is 4.87. The average molecular weight is 345 g/mol. The lowest BCUT2D eigenvalue weighted by molar-refractivity contribution is -0.141. The molecular weight excluding hydrogens is 329 g/mol. The summed E-state index contributed by atoms with van der Waals surface area (Å²) in [5.41, 5.74) is 0.105. The first-order chi connectivity index (χ1) is 12.0. The van der Waals surface area contributed by atoms with E-state index in [1.807, 2.05) is 0 Å². The number of esters is 1. The number of rotatable bonds is 7. The minimum Gasteiger partial charge on any atom is -0.496 e. The second-order valence-electron chi connectivity index (χ2n) is 4.95. The highest BCUT2D eigenvalue weighted by Crippen LogP contribution is 2.16. The van der Waals surface area contributed by atoms with Crippen LogP contribution in [-0.4, -0.2) is 37.9 Å². The minimum atomic E-state index is -0.812. The fourth-order valence-corrected chi connectivity index (χ4v) is 2.04. The molecule has 0 atom stereocenters. The molecule has 2 aromatic rings. The Hall–Kier alpha value is -3.22. The van der Waals surface area contributed by atoms with Crippen LogP contribution in [-0.2, 0) is 9.53 Å². The number of ether oxygens (including phenoxy) is 2. The molecule has 0 fully saturated rings. The molecule has 0 aliphatic rings. The Kier molecular flexibility index (Phi) is 6.22. The summed E-state index contributed by atoms with van der Waals surface area (Å²) in [4.78, 5) is 35.4. The SMILES string of the molecule is COc1ccccc1C(=O)NCC(=O)OCC(=O)c1ccccc1F. The second-order valence-corrected chi connectivity index (χ2v) is 4.95. The number of halogens is 1. The van der Waals surface area contributed by atoms with Gasteiger partial charge in [-0.15, -0.1) is 0 Å². The quantitative estimate of drug-likeness (QED) is 0.613. The molecule has 0 aromatic heterocycles. The molecule has 0 radical (unpaired) electrons. The molecule has 0 saturated heterocycles. The van der Waals surface area contributed by atoms with Gasteiger partial charge in [-0.25, -0.2) is 4.39 Å². The van der Waals surface area contributed by atoms with E-state index in [0.29, 0.717) is 5.75 Å². The largest absolute Gasteiger partial charge is 0.496 e. The molecule has 0 aliphatic heterocycles. The summed E-state index contributed by atoms with van der Waals surface area (Å²) in [5, 5.41) is 2.37. The molecule has 1 amide bonds. The second kappa shape index (κ2) is 8.58. The predicted molar refractivity (Wildman–Crippen MR) is 87.0 cm³/mol. The van der Waals surface area contributed by atoms with Crippen LogP contribution in [0.3, 0.4) is 0 Å². The van der Waals surface area contributed by atoms with E-state index in [1.165, 1.54) is 25.3 Å². The maximum absolute atomic E-state index is 13.4. The van der Waals surface area contributed by atoms with Crippen molar-refractivity contribution in [3.8, 4) is 5.75 Å². The maximum Gasteiger partial charge on any atom is 0.325 e. The van der Waals surface area contributed by atoms with Crippen molar-refractivity contribution < 1.29 is 28.2 Å². The topological polar surface area (TPSA) is 81.7 Å². The number of benzene rings is 2. The van der Waals surface area contributed by atoms with Gasteiger partial charge < -0.3 is 14.8 Å². The molecule has 0 aliphatic carbocycles. The molecular formula is C18H16FNO5. The van der Waals surface area contributed by atoms with E-state index in [1.54, 1.807) is 24.3 Å². The fourth-order valence-electron chi connectivity index (χ4n) is 2.04. The van der Waals surface area contributed by atoms with Crippen molar-refractivity contribution in [2.45, 2.75) is 0 Å². The fraction of sp³-hybridized carbons (Fsp3) is 0.167. The Morgan fingerprint density at radius 1 is 1.00 bits per heavy atom. The minimum absolute atomic E-state index is 0.159. The van der Waals surface area contributed by atoms with Crippen LogP contribution >= 0.6 is 0 Å². The molecule has 130 valence electrons. The Morgan fingerprint density at radius 2 is 1.64 bits per heavy atom. The van der Waals surface area contributed by atoms with Crippen molar-refractivity contribution in [2.24, 2.45) is 0 Å². The number of carbonyl (C=O) groups is 3. The summed E-state index contributed by atoms with van der Waals surface area (Å²) in [7, 11) is 1.43. The van der Waals surface area contributed by atoms with Gasteiger partial charge in [0.25, 0.3) is 5.91 Å². The number of nitrogens with one attached hydrogen (secondary N) is 1. The van der Waals surface area contributed by atoms with Crippen LogP contribution < -0.4 is 10.1 Å². The Labute approximate surface area is 143 Å². The van der Waals surface area contributed by atoms with Crippen molar-refractivity contribution in [1.82, 2.24) is 5.32 Å². The van der Waals surface area contributed by atoms with Gasteiger partial charge in [-0.3, -0.25) is 14.4 Å². The van der Waals surface area contributed by atoms with Gasteiger partial charge in [0.15, 0.2) is 6.61 Å². The van der Waals surface area contributed by atoms with Crippen LogP contribution in [0.1, 0.15) is 20.7 Å². The van der Waals surface area contributed by atoms with Crippen LogP contribution in [0.5, 0.6) is 5.75 Å². The van der Waals surface area contributed by atoms with E-state index in [9.17, 15) is 18.8 Å². The van der Waals surface area contributed by atoms with Crippen molar-refractivity contribution in [2.75, 3.05) is 20.3 Å². The molecule has 25 heavy (non-hydrogen) atoms. The summed E-state index contributed by atoms with van der Waals surface area (Å²) in [6.45, 7) is -1.04. The number of hydrogen-bond acceptors (Lipinski definition) is 5. The standard InChI is InChI=1S/C18H16FNO5/c1-24-16-9-5-3-7-13(16)18(23)20-10-17(22)25-11-15(21)12-6-2-4-8-14(12)19/h2-9H,10-11H2,1H3,(H,20,23). The Morgan fingerprint density at radius 3 is 2.32 bits per heavy atom. The van der Waals surface area contributed by atoms with Gasteiger partial charge in [0, 0.05) is 0 Å². The van der Waals surface area contributed by atoms with E-state index >= 15 is 0 Å². The zero-order valence-electron chi connectivity index (χ0n) is 13.5. The molecule has 0 spiro atoms. The van der Waals surface area contributed by atoms with Crippen LogP contribution in [0.15, 0.2) is 48.5 Å². The van der Waals surface area contributed by atoms with Crippen molar-refractivity contribution in [1.29, 1.82) is 0 Å². The summed E-state index contributed by atoms with van der Waals surface area (Å²) >= 11 is 0. The van der Waals surface area contributed by atoms with Gasteiger partial charge in [-0.05, 0) is 24.3 Å². The highest BCUT2D eigenvalue weighted by molar-refractivity contribution is 5.99. The smallest absolute Gasteiger partial charge is 0.325 e. The maximum atomic E-state index is 13.4. The van der Waals surface area contributed by atoms with Gasteiger partial charge in [-0.1, -0.05) is 24.3 Å². The molecule has 1 N–H and O–H groups in total. The van der Waals surface area contributed by atoms with Crippen molar-refractivity contribution >= 4 is 17.7 Å². The number of ketones is 1. The molecule has 0 unspecified atom stereocenters. The number of Topliss-reactive ketones (excluding diaryl/α,β-unsaturated/α-hetero) is 1. The normalized spacial score (nSPS) is 10.0. The van der Waals surface area contributed by atoms with Crippen LogP contribution in [0.25, 0.3) is 0 Å². The van der Waals surface area contributed by atoms with E-state index in [-0.39, 0.29) is 11.1 Å². The molecule has 7 heteroatoms. The average Bonchev–Trinajstić information content (AvgIpc) is 2.64. The van der Waals surface area contributed by atoms with E-state index < -0.39 is 36.6 Å². The Bertz CT molecular complexity index is 791. The summed E-state index contributed by atoms with van der Waals surface area (Å²) in [5.74, 6) is -2.32. The molecule has 0 bridgehead atoms. The van der Waals surface area contributed by atoms with Gasteiger partial charge >= 0.3 is 5.97 Å². The monoisotopic (exact) mass is 345 g/mol. The first kappa shape index (κ1) is 18.1. The summed E-state index contributed by atoms with van der Waals surface area (Å²) in [6.07, 6.45) is 0. The van der Waals surface area contributed by atoms with Gasteiger partial charge in [0.1, 0.15) is 18.1 Å². The number of methoxy groups -OCH3 is 1.